The summed E-state index contributed by atoms with van der Waals surface area (Å²) in [5.41, 5.74) is 6.55. The van der Waals surface area contributed by atoms with Crippen molar-refractivity contribution >= 4 is 11.6 Å². The minimum absolute atomic E-state index is 0.0652. The van der Waals surface area contributed by atoms with Crippen LogP contribution >= 0.6 is 11.6 Å². The Labute approximate surface area is 96.4 Å². The van der Waals surface area contributed by atoms with Crippen LogP contribution in [0.1, 0.15) is 17.8 Å². The Morgan fingerprint density at radius 2 is 2.06 bits per heavy atom. The number of hydrogen-bond donors (Lipinski definition) is 1. The zero-order valence-corrected chi connectivity index (χ0v) is 9.73. The van der Waals surface area contributed by atoms with E-state index in [9.17, 15) is 13.2 Å². The van der Waals surface area contributed by atoms with Gasteiger partial charge in [-0.3, -0.25) is 4.68 Å². The van der Waals surface area contributed by atoms with E-state index in [-0.39, 0.29) is 6.42 Å². The lowest BCUT2D eigenvalue weighted by atomic mass is 10.1. The molecule has 0 saturated carbocycles. The maximum atomic E-state index is 12.1. The fraction of sp³-hybridized carbons (Fsp3) is 0.667. The van der Waals surface area contributed by atoms with Gasteiger partial charge in [0.15, 0.2) is 0 Å². The molecule has 1 heterocycles. The SMILES string of the molecule is Cc1nn(C)c(CC(N)CC(F)(F)F)c1Cl. The first kappa shape index (κ1) is 13.3. The molecule has 0 bridgehead atoms. The number of halogens is 4. The van der Waals surface area contributed by atoms with Gasteiger partial charge in [-0.15, -0.1) is 0 Å². The van der Waals surface area contributed by atoms with E-state index in [0.29, 0.717) is 16.4 Å². The molecule has 0 radical (unpaired) electrons. The number of nitrogens with zero attached hydrogens (tertiary/aromatic N) is 2. The molecule has 1 atom stereocenters. The minimum Gasteiger partial charge on any atom is -0.327 e. The molecule has 7 heteroatoms. The highest BCUT2D eigenvalue weighted by atomic mass is 35.5. The molecule has 0 aromatic carbocycles. The van der Waals surface area contributed by atoms with Gasteiger partial charge in [-0.25, -0.2) is 0 Å². The highest BCUT2D eigenvalue weighted by molar-refractivity contribution is 6.31. The fourth-order valence-electron chi connectivity index (χ4n) is 1.52. The van der Waals surface area contributed by atoms with Crippen molar-refractivity contribution in [1.82, 2.24) is 9.78 Å². The first-order valence-corrected chi connectivity index (χ1v) is 5.09. The van der Waals surface area contributed by atoms with Crippen LogP contribution in [-0.2, 0) is 13.5 Å². The molecule has 1 rings (SSSR count). The van der Waals surface area contributed by atoms with Gasteiger partial charge in [-0.05, 0) is 6.92 Å². The molecular formula is C9H13ClF3N3. The van der Waals surface area contributed by atoms with Gasteiger partial charge in [0.05, 0.1) is 22.8 Å². The lowest BCUT2D eigenvalue weighted by Gasteiger charge is -2.14. The topological polar surface area (TPSA) is 43.8 Å². The fourth-order valence-corrected chi connectivity index (χ4v) is 1.76. The Morgan fingerprint density at radius 3 is 2.44 bits per heavy atom. The minimum atomic E-state index is -4.25. The molecule has 1 unspecified atom stereocenters. The van der Waals surface area contributed by atoms with Crippen molar-refractivity contribution in [1.29, 1.82) is 0 Å². The third kappa shape index (κ3) is 3.38. The molecule has 1 aromatic rings. The summed E-state index contributed by atoms with van der Waals surface area (Å²) in [5.74, 6) is 0. The first-order chi connectivity index (χ1) is 7.20. The van der Waals surface area contributed by atoms with E-state index in [1.165, 1.54) is 4.68 Å². The number of nitrogens with two attached hydrogens (primary N) is 1. The molecule has 1 aromatic heterocycles. The predicted molar refractivity (Wildman–Crippen MR) is 55.3 cm³/mol. The summed E-state index contributed by atoms with van der Waals surface area (Å²) in [6.45, 7) is 1.70. The zero-order valence-electron chi connectivity index (χ0n) is 8.98. The lowest BCUT2D eigenvalue weighted by molar-refractivity contribution is -0.138. The van der Waals surface area contributed by atoms with Crippen molar-refractivity contribution in [3.63, 3.8) is 0 Å². The normalized spacial score (nSPS) is 14.2. The second-order valence-corrected chi connectivity index (χ2v) is 4.13. The summed E-state index contributed by atoms with van der Waals surface area (Å²) in [6.07, 6.45) is -5.21. The summed E-state index contributed by atoms with van der Waals surface area (Å²) in [7, 11) is 1.63. The summed E-state index contributed by atoms with van der Waals surface area (Å²) in [4.78, 5) is 0. The summed E-state index contributed by atoms with van der Waals surface area (Å²) < 4.78 is 37.7. The van der Waals surface area contributed by atoms with Gasteiger partial charge in [-0.1, -0.05) is 11.6 Å². The van der Waals surface area contributed by atoms with Gasteiger partial charge in [-0.2, -0.15) is 18.3 Å². The maximum Gasteiger partial charge on any atom is 0.390 e. The Morgan fingerprint density at radius 1 is 1.50 bits per heavy atom. The number of hydrogen-bond acceptors (Lipinski definition) is 2. The van der Waals surface area contributed by atoms with E-state index < -0.39 is 18.6 Å². The van der Waals surface area contributed by atoms with Crippen LogP contribution < -0.4 is 5.73 Å². The molecule has 0 amide bonds. The highest BCUT2D eigenvalue weighted by Gasteiger charge is 2.31. The van der Waals surface area contributed by atoms with Crippen LogP contribution in [0.3, 0.4) is 0 Å². The van der Waals surface area contributed by atoms with Crippen LogP contribution in [-0.4, -0.2) is 22.0 Å². The molecule has 0 aliphatic heterocycles. The molecule has 16 heavy (non-hydrogen) atoms. The van der Waals surface area contributed by atoms with Crippen molar-refractivity contribution in [3.05, 3.63) is 16.4 Å². The second-order valence-electron chi connectivity index (χ2n) is 3.75. The van der Waals surface area contributed by atoms with Gasteiger partial charge in [0.25, 0.3) is 0 Å². The summed E-state index contributed by atoms with van der Waals surface area (Å²) >= 11 is 5.91. The number of aromatic nitrogens is 2. The molecule has 2 N–H and O–H groups in total. The van der Waals surface area contributed by atoms with E-state index in [4.69, 9.17) is 17.3 Å². The Balaban J connectivity index is 2.73. The largest absolute Gasteiger partial charge is 0.390 e. The highest BCUT2D eigenvalue weighted by Crippen LogP contribution is 2.25. The number of rotatable bonds is 3. The molecule has 0 aliphatic rings. The van der Waals surface area contributed by atoms with Crippen LogP contribution in [0, 0.1) is 6.92 Å². The number of aryl methyl sites for hydroxylation is 2. The monoisotopic (exact) mass is 255 g/mol. The quantitative estimate of drug-likeness (QED) is 0.900. The molecule has 0 spiro atoms. The van der Waals surface area contributed by atoms with Gasteiger partial charge < -0.3 is 5.73 Å². The van der Waals surface area contributed by atoms with Crippen molar-refractivity contribution in [2.24, 2.45) is 12.8 Å². The standard InChI is InChI=1S/C9H13ClF3N3/c1-5-8(10)7(16(2)15-5)3-6(14)4-9(11,12)13/h6H,3-4,14H2,1-2H3. The van der Waals surface area contributed by atoms with Crippen LogP contribution in [0.2, 0.25) is 5.02 Å². The molecule has 3 nitrogen and oxygen atoms in total. The van der Waals surface area contributed by atoms with E-state index in [0.717, 1.165) is 0 Å². The van der Waals surface area contributed by atoms with E-state index in [1.807, 2.05) is 0 Å². The Hall–Kier alpha value is -0.750. The Bertz CT molecular complexity index is 373. The van der Waals surface area contributed by atoms with Crippen molar-refractivity contribution in [2.45, 2.75) is 32.0 Å². The van der Waals surface area contributed by atoms with Gasteiger partial charge in [0.2, 0.25) is 0 Å². The molecule has 0 fully saturated rings. The van der Waals surface area contributed by atoms with Gasteiger partial charge >= 0.3 is 6.18 Å². The first-order valence-electron chi connectivity index (χ1n) is 4.71. The maximum absolute atomic E-state index is 12.1. The summed E-state index contributed by atoms with van der Waals surface area (Å²) in [6, 6.07) is -0.993. The van der Waals surface area contributed by atoms with E-state index >= 15 is 0 Å². The molecule has 92 valence electrons. The van der Waals surface area contributed by atoms with E-state index in [1.54, 1.807) is 14.0 Å². The molecule has 0 aliphatic carbocycles. The van der Waals surface area contributed by atoms with Crippen LogP contribution in [0.25, 0.3) is 0 Å². The van der Waals surface area contributed by atoms with Crippen molar-refractivity contribution in [3.8, 4) is 0 Å². The van der Waals surface area contributed by atoms with Crippen LogP contribution in [0.15, 0.2) is 0 Å². The van der Waals surface area contributed by atoms with Gasteiger partial charge in [0, 0.05) is 19.5 Å². The lowest BCUT2D eigenvalue weighted by Crippen LogP contribution is -2.30. The average molecular weight is 256 g/mol. The third-order valence-corrected chi connectivity index (χ3v) is 2.70. The van der Waals surface area contributed by atoms with E-state index in [2.05, 4.69) is 5.10 Å². The Kier molecular flexibility index (Phi) is 3.85. The smallest absolute Gasteiger partial charge is 0.327 e. The van der Waals surface area contributed by atoms with Crippen LogP contribution in [0.5, 0.6) is 0 Å². The second kappa shape index (κ2) is 4.63. The predicted octanol–water partition coefficient (Wildman–Crippen LogP) is 2.20. The molecule has 0 saturated heterocycles. The summed E-state index contributed by atoms with van der Waals surface area (Å²) in [5, 5.41) is 4.40. The average Bonchev–Trinajstić information content (AvgIpc) is 2.29. The van der Waals surface area contributed by atoms with Crippen molar-refractivity contribution in [2.75, 3.05) is 0 Å². The number of alkyl halides is 3. The van der Waals surface area contributed by atoms with Crippen LogP contribution in [0.4, 0.5) is 13.2 Å². The van der Waals surface area contributed by atoms with Gasteiger partial charge in [0.1, 0.15) is 0 Å². The molecular weight excluding hydrogens is 243 g/mol. The third-order valence-electron chi connectivity index (χ3n) is 2.21. The van der Waals surface area contributed by atoms with Crippen molar-refractivity contribution < 1.29 is 13.2 Å². The zero-order chi connectivity index (χ0) is 12.5.